The zero-order chi connectivity index (χ0) is 19.6. The van der Waals surface area contributed by atoms with Crippen LogP contribution in [0.25, 0.3) is 0 Å². The highest BCUT2D eigenvalue weighted by Gasteiger charge is 2.48. The number of benzene rings is 2. The van der Waals surface area contributed by atoms with Crippen LogP contribution in [-0.4, -0.2) is 21.8 Å². The number of hydrogen-bond acceptors (Lipinski definition) is 4. The molecule has 0 spiro atoms. The molecule has 1 aliphatic heterocycles. The first-order chi connectivity index (χ1) is 12.8. The molecule has 1 saturated heterocycles. The fraction of sp³-hybridized carbons (Fsp3) is 0.300. The van der Waals surface area contributed by atoms with Gasteiger partial charge in [-0.3, -0.25) is 19.8 Å². The third-order valence-electron chi connectivity index (χ3n) is 4.81. The van der Waals surface area contributed by atoms with Gasteiger partial charge in [0.05, 0.1) is 11.5 Å². The third kappa shape index (κ3) is 3.53. The number of nitro groups is 1. The summed E-state index contributed by atoms with van der Waals surface area (Å²) in [6, 6.07) is 13.1. The Kier molecular flexibility index (Phi) is 4.94. The van der Waals surface area contributed by atoms with Crippen LogP contribution >= 0.6 is 0 Å². The van der Waals surface area contributed by atoms with Gasteiger partial charge in [-0.15, -0.1) is 0 Å². The van der Waals surface area contributed by atoms with Gasteiger partial charge >= 0.3 is 6.03 Å². The van der Waals surface area contributed by atoms with Crippen molar-refractivity contribution in [2.75, 3.05) is 0 Å². The van der Waals surface area contributed by atoms with Crippen LogP contribution in [0.2, 0.25) is 0 Å². The highest BCUT2D eigenvalue weighted by molar-refractivity contribution is 6.07. The summed E-state index contributed by atoms with van der Waals surface area (Å²) in [4.78, 5) is 36.9. The number of urea groups is 1. The van der Waals surface area contributed by atoms with Crippen molar-refractivity contribution in [3.05, 3.63) is 75.3 Å². The summed E-state index contributed by atoms with van der Waals surface area (Å²) in [5, 5.41) is 13.7. The van der Waals surface area contributed by atoms with Gasteiger partial charge in [0, 0.05) is 12.1 Å². The van der Waals surface area contributed by atoms with Gasteiger partial charge in [0.1, 0.15) is 5.54 Å². The lowest BCUT2D eigenvalue weighted by molar-refractivity contribution is -0.384. The van der Waals surface area contributed by atoms with Crippen LogP contribution in [0.3, 0.4) is 0 Å². The predicted molar refractivity (Wildman–Crippen MR) is 100.0 cm³/mol. The second-order valence-corrected chi connectivity index (χ2v) is 6.82. The molecule has 1 N–H and O–H groups in total. The molecule has 0 saturated carbocycles. The molecule has 0 aromatic heterocycles. The molecule has 7 nitrogen and oxygen atoms in total. The summed E-state index contributed by atoms with van der Waals surface area (Å²) >= 11 is 0. The number of carbonyl (C=O) groups is 2. The molecule has 3 amide bonds. The monoisotopic (exact) mass is 367 g/mol. The molecule has 0 bridgehead atoms. The number of amides is 3. The maximum Gasteiger partial charge on any atom is 0.325 e. The molecule has 2 aromatic carbocycles. The van der Waals surface area contributed by atoms with Crippen molar-refractivity contribution in [1.29, 1.82) is 0 Å². The zero-order valence-electron chi connectivity index (χ0n) is 15.3. The lowest BCUT2D eigenvalue weighted by Gasteiger charge is -2.22. The number of carbonyl (C=O) groups excluding carboxylic acids is 2. The number of nitrogens with one attached hydrogen (secondary N) is 1. The van der Waals surface area contributed by atoms with Crippen molar-refractivity contribution < 1.29 is 14.5 Å². The Hall–Kier alpha value is -3.22. The van der Waals surface area contributed by atoms with E-state index >= 15 is 0 Å². The molecule has 3 rings (SSSR count). The van der Waals surface area contributed by atoms with Gasteiger partial charge in [0.15, 0.2) is 0 Å². The van der Waals surface area contributed by atoms with E-state index in [-0.39, 0.29) is 18.1 Å². The van der Waals surface area contributed by atoms with Crippen LogP contribution in [0.4, 0.5) is 10.5 Å². The van der Waals surface area contributed by atoms with E-state index in [1.807, 2.05) is 24.3 Å². The fourth-order valence-electron chi connectivity index (χ4n) is 3.28. The van der Waals surface area contributed by atoms with Gasteiger partial charge in [-0.25, -0.2) is 4.79 Å². The number of nitro benzene ring substituents is 1. The third-order valence-corrected chi connectivity index (χ3v) is 4.81. The minimum Gasteiger partial charge on any atom is -0.319 e. The van der Waals surface area contributed by atoms with E-state index in [9.17, 15) is 19.7 Å². The number of nitrogens with zero attached hydrogens (tertiary/aromatic N) is 2. The molecule has 1 fully saturated rings. The number of imide groups is 1. The first-order valence-electron chi connectivity index (χ1n) is 8.82. The molecule has 2 aromatic rings. The van der Waals surface area contributed by atoms with E-state index in [1.54, 1.807) is 13.0 Å². The van der Waals surface area contributed by atoms with Gasteiger partial charge in [0.25, 0.3) is 11.6 Å². The summed E-state index contributed by atoms with van der Waals surface area (Å²) in [7, 11) is 0. The Balaban J connectivity index is 1.83. The molecule has 1 aliphatic rings. The van der Waals surface area contributed by atoms with Crippen molar-refractivity contribution in [3.63, 3.8) is 0 Å². The second kappa shape index (κ2) is 7.19. The average molecular weight is 367 g/mol. The fourth-order valence-corrected chi connectivity index (χ4v) is 3.28. The summed E-state index contributed by atoms with van der Waals surface area (Å²) < 4.78 is 0. The number of aryl methyl sites for hydroxylation is 1. The topological polar surface area (TPSA) is 92.6 Å². The summed E-state index contributed by atoms with van der Waals surface area (Å²) in [6.45, 7) is 3.76. The minimum absolute atomic E-state index is 0.0180. The molecule has 1 atom stereocenters. The van der Waals surface area contributed by atoms with E-state index in [4.69, 9.17) is 0 Å². The maximum absolute atomic E-state index is 13.0. The normalized spacial score (nSPS) is 19.3. The molecule has 0 aliphatic carbocycles. The van der Waals surface area contributed by atoms with E-state index in [0.717, 1.165) is 17.7 Å². The molecule has 140 valence electrons. The molecule has 1 unspecified atom stereocenters. The Labute approximate surface area is 157 Å². The number of rotatable bonds is 6. The smallest absolute Gasteiger partial charge is 0.319 e. The van der Waals surface area contributed by atoms with Gasteiger partial charge in [-0.2, -0.15) is 0 Å². The quantitative estimate of drug-likeness (QED) is 0.480. The van der Waals surface area contributed by atoms with Crippen molar-refractivity contribution in [2.24, 2.45) is 0 Å². The second-order valence-electron chi connectivity index (χ2n) is 6.82. The van der Waals surface area contributed by atoms with Gasteiger partial charge in [0.2, 0.25) is 0 Å². The van der Waals surface area contributed by atoms with Gasteiger partial charge in [-0.05, 0) is 30.0 Å². The lowest BCUT2D eigenvalue weighted by Crippen LogP contribution is -2.40. The maximum atomic E-state index is 13.0. The van der Waals surface area contributed by atoms with E-state index in [0.29, 0.717) is 11.1 Å². The average Bonchev–Trinajstić information content (AvgIpc) is 2.87. The minimum atomic E-state index is -1.15. The molecule has 7 heteroatoms. The SMILES string of the molecule is CCCc1ccc(C2(C)NC(=O)N(Cc3cccc([N+](=O)[O-])c3)C2=O)cc1. The summed E-state index contributed by atoms with van der Waals surface area (Å²) in [6.07, 6.45) is 1.99. The van der Waals surface area contributed by atoms with Crippen LogP contribution in [0.15, 0.2) is 48.5 Å². The Morgan fingerprint density at radius 1 is 1.11 bits per heavy atom. The Bertz CT molecular complexity index is 894. The van der Waals surface area contributed by atoms with E-state index in [2.05, 4.69) is 12.2 Å². The molecule has 0 radical (unpaired) electrons. The zero-order valence-corrected chi connectivity index (χ0v) is 15.3. The molecular weight excluding hydrogens is 346 g/mol. The molecule has 27 heavy (non-hydrogen) atoms. The molecule has 1 heterocycles. The number of hydrogen-bond donors (Lipinski definition) is 1. The Morgan fingerprint density at radius 3 is 2.44 bits per heavy atom. The van der Waals surface area contributed by atoms with Crippen LogP contribution < -0.4 is 5.32 Å². The van der Waals surface area contributed by atoms with Crippen molar-refractivity contribution in [3.8, 4) is 0 Å². The Morgan fingerprint density at radius 2 is 1.81 bits per heavy atom. The van der Waals surface area contributed by atoms with Crippen LogP contribution in [0, 0.1) is 10.1 Å². The van der Waals surface area contributed by atoms with E-state index < -0.39 is 16.5 Å². The van der Waals surface area contributed by atoms with Crippen LogP contribution in [0.1, 0.15) is 37.0 Å². The highest BCUT2D eigenvalue weighted by atomic mass is 16.6. The van der Waals surface area contributed by atoms with Crippen LogP contribution in [0.5, 0.6) is 0 Å². The summed E-state index contributed by atoms with van der Waals surface area (Å²) in [5.41, 5.74) is 1.18. The first kappa shape index (κ1) is 18.6. The van der Waals surface area contributed by atoms with E-state index in [1.165, 1.54) is 23.8 Å². The predicted octanol–water partition coefficient (Wildman–Crippen LogP) is 3.51. The first-order valence-corrected chi connectivity index (χ1v) is 8.82. The van der Waals surface area contributed by atoms with Gasteiger partial charge in [-0.1, -0.05) is 49.7 Å². The van der Waals surface area contributed by atoms with Crippen LogP contribution in [-0.2, 0) is 23.3 Å². The largest absolute Gasteiger partial charge is 0.325 e. The highest BCUT2D eigenvalue weighted by Crippen LogP contribution is 2.30. The summed E-state index contributed by atoms with van der Waals surface area (Å²) in [5.74, 6) is -0.373. The van der Waals surface area contributed by atoms with Crippen molar-refractivity contribution in [1.82, 2.24) is 10.2 Å². The van der Waals surface area contributed by atoms with Gasteiger partial charge < -0.3 is 5.32 Å². The number of non-ortho nitro benzene ring substituents is 1. The lowest BCUT2D eigenvalue weighted by atomic mass is 9.91. The van der Waals surface area contributed by atoms with Crippen molar-refractivity contribution in [2.45, 2.75) is 38.8 Å². The van der Waals surface area contributed by atoms with Crippen molar-refractivity contribution >= 4 is 17.6 Å². The molecular formula is C20H21N3O4. The standard InChI is InChI=1S/C20H21N3O4/c1-3-5-14-8-10-16(11-9-14)20(2)18(24)22(19(25)21-20)13-15-6-4-7-17(12-15)23(26)27/h4,6-12H,3,5,13H2,1-2H3,(H,21,25).